The molecule has 0 N–H and O–H groups in total. The van der Waals surface area contributed by atoms with E-state index in [2.05, 4.69) is 11.2 Å². The maximum Gasteiger partial charge on any atom is 0.125 e. The van der Waals surface area contributed by atoms with Gasteiger partial charge in [-0.3, -0.25) is 0 Å². The lowest BCUT2D eigenvalue weighted by Crippen LogP contribution is -1.82. The molecule has 1 aromatic carbocycles. The summed E-state index contributed by atoms with van der Waals surface area (Å²) in [5.74, 6) is -0.257. The van der Waals surface area contributed by atoms with Gasteiger partial charge in [0.05, 0.1) is 11.7 Å². The summed E-state index contributed by atoms with van der Waals surface area (Å²) in [7, 11) is 0. The van der Waals surface area contributed by atoms with Gasteiger partial charge in [-0.1, -0.05) is 0 Å². The molecule has 1 radical (unpaired) electrons. The van der Waals surface area contributed by atoms with Gasteiger partial charge >= 0.3 is 0 Å². The number of pyridine rings is 1. The van der Waals surface area contributed by atoms with Gasteiger partial charge in [-0.15, -0.1) is 0 Å². The van der Waals surface area contributed by atoms with E-state index in [1.54, 1.807) is 6.07 Å². The first-order valence-corrected chi connectivity index (χ1v) is 3.70. The number of hydrogen-bond acceptors (Lipinski definition) is 1. The van der Waals surface area contributed by atoms with Crippen LogP contribution >= 0.6 is 0 Å². The second-order valence-electron chi connectivity index (χ2n) is 2.75. The Kier molecular flexibility index (Phi) is 1.54. The average molecular weight is 160 g/mol. The van der Waals surface area contributed by atoms with Crippen LogP contribution in [0.15, 0.2) is 24.3 Å². The molecule has 0 bridgehead atoms. The molecule has 1 aromatic heterocycles. The van der Waals surface area contributed by atoms with Crippen LogP contribution in [-0.2, 0) is 0 Å². The Bertz CT molecular complexity index is 382. The number of nitrogens with zero attached hydrogens (tertiary/aromatic N) is 1. The zero-order valence-corrected chi connectivity index (χ0v) is 6.63. The SMILES string of the molecule is Cc1[c]nc2cc(F)ccc2c1. The third-order valence-electron chi connectivity index (χ3n) is 1.72. The van der Waals surface area contributed by atoms with Crippen LogP contribution in [0.5, 0.6) is 0 Å². The summed E-state index contributed by atoms with van der Waals surface area (Å²) >= 11 is 0. The highest BCUT2D eigenvalue weighted by atomic mass is 19.1. The number of hydrogen-bond donors (Lipinski definition) is 0. The molecule has 0 saturated carbocycles. The van der Waals surface area contributed by atoms with Gasteiger partial charge in [0.1, 0.15) is 5.82 Å². The van der Waals surface area contributed by atoms with E-state index in [0.29, 0.717) is 5.52 Å². The average Bonchev–Trinajstić information content (AvgIpc) is 2.05. The van der Waals surface area contributed by atoms with E-state index in [9.17, 15) is 4.39 Å². The molecule has 12 heavy (non-hydrogen) atoms. The summed E-state index contributed by atoms with van der Waals surface area (Å²) in [6.45, 7) is 1.91. The third-order valence-corrected chi connectivity index (χ3v) is 1.72. The molecular weight excluding hydrogens is 153 g/mol. The van der Waals surface area contributed by atoms with Crippen molar-refractivity contribution in [1.82, 2.24) is 4.98 Å². The Balaban J connectivity index is 2.79. The molecule has 1 heterocycles. The van der Waals surface area contributed by atoms with Gasteiger partial charge in [0.25, 0.3) is 0 Å². The molecule has 0 aliphatic carbocycles. The summed E-state index contributed by atoms with van der Waals surface area (Å²) in [6.07, 6.45) is 2.78. The minimum atomic E-state index is -0.257. The summed E-state index contributed by atoms with van der Waals surface area (Å²) in [5.41, 5.74) is 1.62. The molecule has 2 rings (SSSR count). The Morgan fingerprint density at radius 3 is 3.00 bits per heavy atom. The molecule has 1 nitrogen and oxygen atoms in total. The summed E-state index contributed by atoms with van der Waals surface area (Å²) < 4.78 is 12.7. The van der Waals surface area contributed by atoms with Crippen LogP contribution in [0.3, 0.4) is 0 Å². The molecule has 0 aliphatic heterocycles. The van der Waals surface area contributed by atoms with Crippen LogP contribution in [-0.4, -0.2) is 4.98 Å². The molecule has 0 spiro atoms. The van der Waals surface area contributed by atoms with Crippen molar-refractivity contribution >= 4 is 10.9 Å². The number of fused-ring (bicyclic) bond motifs is 1. The molecule has 59 valence electrons. The van der Waals surface area contributed by atoms with Crippen molar-refractivity contribution in [3.05, 3.63) is 41.8 Å². The van der Waals surface area contributed by atoms with E-state index in [1.807, 2.05) is 13.0 Å². The molecule has 0 unspecified atom stereocenters. The first kappa shape index (κ1) is 7.22. The molecule has 0 amide bonds. The predicted octanol–water partition coefficient (Wildman–Crippen LogP) is 2.48. The van der Waals surface area contributed by atoms with Gasteiger partial charge in [0, 0.05) is 11.5 Å². The van der Waals surface area contributed by atoms with Gasteiger partial charge in [0.2, 0.25) is 0 Å². The van der Waals surface area contributed by atoms with Crippen LogP contribution in [0.1, 0.15) is 5.56 Å². The highest BCUT2D eigenvalue weighted by molar-refractivity contribution is 5.78. The smallest absolute Gasteiger partial charge is 0.125 e. The largest absolute Gasteiger partial charge is 0.246 e. The number of rotatable bonds is 0. The second-order valence-corrected chi connectivity index (χ2v) is 2.75. The van der Waals surface area contributed by atoms with Gasteiger partial charge in [-0.25, -0.2) is 9.37 Å². The van der Waals surface area contributed by atoms with E-state index in [1.165, 1.54) is 12.1 Å². The van der Waals surface area contributed by atoms with Crippen molar-refractivity contribution in [2.75, 3.05) is 0 Å². The van der Waals surface area contributed by atoms with Crippen LogP contribution in [0.4, 0.5) is 4.39 Å². The summed E-state index contributed by atoms with van der Waals surface area (Å²) in [4.78, 5) is 3.98. The summed E-state index contributed by atoms with van der Waals surface area (Å²) in [6, 6.07) is 6.50. The van der Waals surface area contributed by atoms with Crippen molar-refractivity contribution in [2.24, 2.45) is 0 Å². The highest BCUT2D eigenvalue weighted by Crippen LogP contribution is 2.13. The van der Waals surface area contributed by atoms with Crippen LogP contribution < -0.4 is 0 Å². The van der Waals surface area contributed by atoms with Crippen molar-refractivity contribution in [2.45, 2.75) is 6.92 Å². The molecular formula is C10H7FN. The van der Waals surface area contributed by atoms with Gasteiger partial charge in [-0.2, -0.15) is 0 Å². The minimum absolute atomic E-state index is 0.257. The molecule has 2 heteroatoms. The van der Waals surface area contributed by atoms with E-state index in [-0.39, 0.29) is 5.82 Å². The van der Waals surface area contributed by atoms with Crippen molar-refractivity contribution in [3.8, 4) is 0 Å². The van der Waals surface area contributed by atoms with Crippen molar-refractivity contribution in [3.63, 3.8) is 0 Å². The Morgan fingerprint density at radius 1 is 1.33 bits per heavy atom. The van der Waals surface area contributed by atoms with Gasteiger partial charge < -0.3 is 0 Å². The summed E-state index contributed by atoms with van der Waals surface area (Å²) in [5, 5.41) is 0.952. The molecule has 0 aliphatic rings. The van der Waals surface area contributed by atoms with Crippen LogP contribution in [0.25, 0.3) is 10.9 Å². The Labute approximate surface area is 69.9 Å². The minimum Gasteiger partial charge on any atom is -0.246 e. The molecule has 0 saturated heterocycles. The topological polar surface area (TPSA) is 12.9 Å². The van der Waals surface area contributed by atoms with E-state index < -0.39 is 0 Å². The third kappa shape index (κ3) is 1.16. The lowest BCUT2D eigenvalue weighted by molar-refractivity contribution is 0.629. The lowest BCUT2D eigenvalue weighted by Gasteiger charge is -1.96. The second kappa shape index (κ2) is 2.55. The molecule has 0 fully saturated rings. The van der Waals surface area contributed by atoms with E-state index in [4.69, 9.17) is 0 Å². The lowest BCUT2D eigenvalue weighted by atomic mass is 10.2. The zero-order chi connectivity index (χ0) is 8.55. The fourth-order valence-electron chi connectivity index (χ4n) is 1.15. The van der Waals surface area contributed by atoms with Gasteiger partial charge in [0.15, 0.2) is 0 Å². The number of halogens is 1. The maximum absolute atomic E-state index is 12.7. The number of benzene rings is 1. The number of aromatic nitrogens is 1. The molecule has 2 aromatic rings. The maximum atomic E-state index is 12.7. The van der Waals surface area contributed by atoms with Gasteiger partial charge in [-0.05, 0) is 30.7 Å². The predicted molar refractivity (Wildman–Crippen MR) is 45.3 cm³/mol. The normalized spacial score (nSPS) is 10.5. The first-order chi connectivity index (χ1) is 5.75. The monoisotopic (exact) mass is 160 g/mol. The van der Waals surface area contributed by atoms with E-state index >= 15 is 0 Å². The quantitative estimate of drug-likeness (QED) is 0.577. The number of aryl methyl sites for hydroxylation is 1. The Morgan fingerprint density at radius 2 is 2.17 bits per heavy atom. The van der Waals surface area contributed by atoms with Crippen molar-refractivity contribution < 1.29 is 4.39 Å². The van der Waals surface area contributed by atoms with Crippen LogP contribution in [0.2, 0.25) is 0 Å². The zero-order valence-electron chi connectivity index (χ0n) is 6.63. The first-order valence-electron chi connectivity index (χ1n) is 3.70. The Hall–Kier alpha value is -1.44. The van der Waals surface area contributed by atoms with Crippen LogP contribution in [0, 0.1) is 18.9 Å². The fourth-order valence-corrected chi connectivity index (χ4v) is 1.15. The molecule has 0 atom stereocenters. The standard InChI is InChI=1S/C10H7FN/c1-7-4-8-2-3-9(11)5-10(8)12-6-7/h2-5H,1H3. The van der Waals surface area contributed by atoms with E-state index in [0.717, 1.165) is 10.9 Å². The van der Waals surface area contributed by atoms with Crippen molar-refractivity contribution in [1.29, 1.82) is 0 Å². The fraction of sp³-hybridized carbons (Fsp3) is 0.100. The highest BCUT2D eigenvalue weighted by Gasteiger charge is 1.96.